The molecule has 13 heavy (non-hydrogen) atoms. The van der Waals surface area contributed by atoms with Crippen molar-refractivity contribution in [1.29, 1.82) is 0 Å². The second kappa shape index (κ2) is 2.47. The SMILES string of the molecule is NC1CCN(C2CC3CC3C2)C1=O. The maximum Gasteiger partial charge on any atom is 0.239 e. The lowest BCUT2D eigenvalue weighted by Crippen LogP contribution is -2.40. The summed E-state index contributed by atoms with van der Waals surface area (Å²) < 4.78 is 0. The first-order valence-electron chi connectivity index (χ1n) is 5.32. The van der Waals surface area contributed by atoms with Crippen LogP contribution in [-0.2, 0) is 4.79 Å². The molecule has 3 fully saturated rings. The van der Waals surface area contributed by atoms with E-state index >= 15 is 0 Å². The average Bonchev–Trinajstić information content (AvgIpc) is 2.58. The number of fused-ring (bicyclic) bond motifs is 1. The molecule has 0 aromatic carbocycles. The van der Waals surface area contributed by atoms with E-state index in [1.807, 2.05) is 4.90 Å². The average molecular weight is 180 g/mol. The van der Waals surface area contributed by atoms with Gasteiger partial charge in [-0.25, -0.2) is 0 Å². The van der Waals surface area contributed by atoms with Gasteiger partial charge in [-0.15, -0.1) is 0 Å². The fraction of sp³-hybridized carbons (Fsp3) is 0.900. The summed E-state index contributed by atoms with van der Waals surface area (Å²) in [7, 11) is 0. The van der Waals surface area contributed by atoms with E-state index < -0.39 is 0 Å². The van der Waals surface area contributed by atoms with Gasteiger partial charge >= 0.3 is 0 Å². The molecule has 3 atom stereocenters. The number of rotatable bonds is 1. The molecule has 2 aliphatic carbocycles. The van der Waals surface area contributed by atoms with Crippen molar-refractivity contribution in [3.63, 3.8) is 0 Å². The molecular formula is C10H16N2O. The number of nitrogens with two attached hydrogens (primary N) is 1. The van der Waals surface area contributed by atoms with Gasteiger partial charge in [-0.05, 0) is 37.5 Å². The molecule has 1 heterocycles. The fourth-order valence-corrected chi connectivity index (χ4v) is 3.02. The summed E-state index contributed by atoms with van der Waals surface area (Å²) in [6.45, 7) is 0.907. The number of carbonyl (C=O) groups excluding carboxylic acids is 1. The van der Waals surface area contributed by atoms with Crippen molar-refractivity contribution in [2.75, 3.05) is 6.54 Å². The topological polar surface area (TPSA) is 46.3 Å². The predicted molar refractivity (Wildman–Crippen MR) is 48.9 cm³/mol. The zero-order valence-corrected chi connectivity index (χ0v) is 7.78. The molecule has 3 nitrogen and oxygen atoms in total. The minimum Gasteiger partial charge on any atom is -0.338 e. The Hall–Kier alpha value is -0.570. The third kappa shape index (κ3) is 1.10. The summed E-state index contributed by atoms with van der Waals surface area (Å²) in [6, 6.07) is 0.349. The molecular weight excluding hydrogens is 164 g/mol. The first-order valence-corrected chi connectivity index (χ1v) is 5.32. The Kier molecular flexibility index (Phi) is 1.48. The number of carbonyl (C=O) groups is 1. The standard InChI is InChI=1S/C10H16N2O/c11-9-1-2-12(10(9)13)8-4-6-3-7(6)5-8/h6-9H,1-5,11H2. The molecule has 0 aromatic rings. The van der Waals surface area contributed by atoms with Crippen LogP contribution in [0.1, 0.15) is 25.7 Å². The monoisotopic (exact) mass is 180 g/mol. The van der Waals surface area contributed by atoms with Crippen LogP contribution in [0.15, 0.2) is 0 Å². The van der Waals surface area contributed by atoms with Gasteiger partial charge in [0.25, 0.3) is 0 Å². The quantitative estimate of drug-likeness (QED) is 0.632. The van der Waals surface area contributed by atoms with Crippen molar-refractivity contribution in [2.24, 2.45) is 17.6 Å². The normalized spacial score (nSPS) is 48.4. The molecule has 3 aliphatic rings. The lowest BCUT2D eigenvalue weighted by atomic mass is 10.1. The molecule has 3 heteroatoms. The second-order valence-corrected chi connectivity index (χ2v) is 4.81. The number of hydrogen-bond acceptors (Lipinski definition) is 2. The van der Waals surface area contributed by atoms with E-state index in [4.69, 9.17) is 5.73 Å². The van der Waals surface area contributed by atoms with Crippen molar-refractivity contribution in [2.45, 2.75) is 37.8 Å². The predicted octanol–water partition coefficient (Wildman–Crippen LogP) is 0.344. The first kappa shape index (κ1) is 7.80. The van der Waals surface area contributed by atoms with E-state index in [2.05, 4.69) is 0 Å². The second-order valence-electron chi connectivity index (χ2n) is 4.81. The lowest BCUT2D eigenvalue weighted by Gasteiger charge is -2.25. The molecule has 3 rings (SSSR count). The van der Waals surface area contributed by atoms with Crippen LogP contribution in [0.2, 0.25) is 0 Å². The van der Waals surface area contributed by atoms with Crippen molar-refractivity contribution in [3.8, 4) is 0 Å². The van der Waals surface area contributed by atoms with Crippen LogP contribution in [-0.4, -0.2) is 29.4 Å². The molecule has 0 spiro atoms. The highest BCUT2D eigenvalue weighted by Crippen LogP contribution is 2.53. The van der Waals surface area contributed by atoms with Crippen molar-refractivity contribution >= 4 is 5.91 Å². The van der Waals surface area contributed by atoms with Crippen LogP contribution >= 0.6 is 0 Å². The summed E-state index contributed by atoms with van der Waals surface area (Å²) >= 11 is 0. The van der Waals surface area contributed by atoms with Crippen molar-refractivity contribution in [1.82, 2.24) is 4.90 Å². The summed E-state index contributed by atoms with van der Waals surface area (Å²) in [5.41, 5.74) is 5.69. The van der Waals surface area contributed by atoms with E-state index in [9.17, 15) is 4.79 Å². The highest BCUT2D eigenvalue weighted by atomic mass is 16.2. The molecule has 0 bridgehead atoms. The van der Waals surface area contributed by atoms with Gasteiger partial charge in [0.1, 0.15) is 0 Å². The van der Waals surface area contributed by atoms with E-state index in [1.165, 1.54) is 19.3 Å². The van der Waals surface area contributed by atoms with Crippen molar-refractivity contribution < 1.29 is 4.79 Å². The van der Waals surface area contributed by atoms with Crippen molar-refractivity contribution in [3.05, 3.63) is 0 Å². The highest BCUT2D eigenvalue weighted by Gasteiger charge is 2.49. The molecule has 72 valence electrons. The number of likely N-dealkylation sites (tertiary alicyclic amines) is 1. The van der Waals surface area contributed by atoms with E-state index in [0.717, 1.165) is 24.8 Å². The maximum absolute atomic E-state index is 11.6. The van der Waals surface area contributed by atoms with Crippen LogP contribution in [0.4, 0.5) is 0 Å². The molecule has 1 saturated heterocycles. The Morgan fingerprint density at radius 2 is 1.92 bits per heavy atom. The zero-order chi connectivity index (χ0) is 9.00. The Balaban J connectivity index is 1.69. The van der Waals surface area contributed by atoms with Gasteiger partial charge < -0.3 is 10.6 Å². The molecule has 1 amide bonds. The number of hydrogen-bond donors (Lipinski definition) is 1. The van der Waals surface area contributed by atoms with Gasteiger partial charge in [0, 0.05) is 12.6 Å². The van der Waals surface area contributed by atoms with Crippen LogP contribution in [0.25, 0.3) is 0 Å². The van der Waals surface area contributed by atoms with Crippen LogP contribution in [0.3, 0.4) is 0 Å². The lowest BCUT2D eigenvalue weighted by molar-refractivity contribution is -0.130. The van der Waals surface area contributed by atoms with Gasteiger partial charge in [-0.3, -0.25) is 4.79 Å². The molecule has 0 aromatic heterocycles. The third-order valence-electron chi connectivity index (χ3n) is 3.94. The molecule has 3 unspecified atom stereocenters. The minimum absolute atomic E-state index is 0.197. The van der Waals surface area contributed by atoms with Gasteiger partial charge in [-0.1, -0.05) is 0 Å². The van der Waals surface area contributed by atoms with E-state index in [1.54, 1.807) is 0 Å². The molecule has 2 saturated carbocycles. The first-order chi connectivity index (χ1) is 6.25. The smallest absolute Gasteiger partial charge is 0.239 e. The number of amides is 1. The van der Waals surface area contributed by atoms with Gasteiger partial charge in [0.15, 0.2) is 0 Å². The third-order valence-corrected chi connectivity index (χ3v) is 3.94. The molecule has 1 aliphatic heterocycles. The van der Waals surface area contributed by atoms with Crippen LogP contribution < -0.4 is 5.73 Å². The fourth-order valence-electron chi connectivity index (χ4n) is 3.02. The number of nitrogens with zero attached hydrogens (tertiary/aromatic N) is 1. The minimum atomic E-state index is -0.197. The molecule has 2 N–H and O–H groups in total. The Bertz CT molecular complexity index is 243. The summed E-state index contributed by atoms with van der Waals surface area (Å²) in [6.07, 6.45) is 4.79. The van der Waals surface area contributed by atoms with Crippen LogP contribution in [0.5, 0.6) is 0 Å². The summed E-state index contributed by atoms with van der Waals surface area (Å²) in [5, 5.41) is 0. The largest absolute Gasteiger partial charge is 0.338 e. The van der Waals surface area contributed by atoms with Gasteiger partial charge in [-0.2, -0.15) is 0 Å². The van der Waals surface area contributed by atoms with Crippen LogP contribution in [0, 0.1) is 11.8 Å². The van der Waals surface area contributed by atoms with Gasteiger partial charge in [0.2, 0.25) is 5.91 Å². The Labute approximate surface area is 78.3 Å². The molecule has 0 radical (unpaired) electrons. The van der Waals surface area contributed by atoms with Gasteiger partial charge in [0.05, 0.1) is 6.04 Å². The zero-order valence-electron chi connectivity index (χ0n) is 7.78. The van der Waals surface area contributed by atoms with E-state index in [-0.39, 0.29) is 11.9 Å². The Morgan fingerprint density at radius 1 is 1.23 bits per heavy atom. The highest BCUT2D eigenvalue weighted by molar-refractivity contribution is 5.84. The maximum atomic E-state index is 11.6. The van der Waals surface area contributed by atoms with E-state index in [0.29, 0.717) is 6.04 Å². The Morgan fingerprint density at radius 3 is 2.46 bits per heavy atom. The summed E-state index contributed by atoms with van der Waals surface area (Å²) in [4.78, 5) is 13.7. The summed E-state index contributed by atoms with van der Waals surface area (Å²) in [5.74, 6) is 2.11.